The number of aliphatic hydroxyl groups excluding tert-OH is 1. The maximum Gasteiger partial charge on any atom is 0.335 e. The molecule has 1 aromatic carbocycles. The van der Waals surface area contributed by atoms with Gasteiger partial charge in [0.05, 0.1) is 11.7 Å². The maximum absolute atomic E-state index is 11.0. The Morgan fingerprint density at radius 1 is 1.33 bits per heavy atom. The lowest BCUT2D eigenvalue weighted by molar-refractivity contribution is 0.0623. The maximum atomic E-state index is 11.0. The molecule has 0 aliphatic carbocycles. The molecule has 1 aromatic rings. The number of fused-ring (bicyclic) bond motifs is 1. The van der Waals surface area contributed by atoms with Crippen molar-refractivity contribution in [2.45, 2.75) is 39.0 Å². The molecule has 0 saturated heterocycles. The Bertz CT molecular complexity index is 456. The van der Waals surface area contributed by atoms with Gasteiger partial charge in [0.1, 0.15) is 0 Å². The van der Waals surface area contributed by atoms with E-state index in [1.807, 2.05) is 13.0 Å². The summed E-state index contributed by atoms with van der Waals surface area (Å²) in [7, 11) is 0. The third-order valence-electron chi connectivity index (χ3n) is 3.77. The fraction of sp³-hybridized carbons (Fsp3) is 0.500. The minimum absolute atomic E-state index is 0.0895. The van der Waals surface area contributed by atoms with E-state index in [1.165, 1.54) is 5.56 Å². The SMILES string of the molecule is CC(O)C(C)N1CCc2ccc(C(=O)O)cc2C1. The second kappa shape index (κ2) is 5.08. The van der Waals surface area contributed by atoms with Gasteiger partial charge in [-0.15, -0.1) is 0 Å². The monoisotopic (exact) mass is 249 g/mol. The number of aliphatic hydroxyl groups is 1. The van der Waals surface area contributed by atoms with E-state index in [0.29, 0.717) is 12.1 Å². The van der Waals surface area contributed by atoms with Crippen LogP contribution in [-0.4, -0.2) is 39.8 Å². The van der Waals surface area contributed by atoms with E-state index in [9.17, 15) is 9.90 Å². The molecule has 0 fully saturated rings. The van der Waals surface area contributed by atoms with Gasteiger partial charge in [-0.3, -0.25) is 4.90 Å². The summed E-state index contributed by atoms with van der Waals surface area (Å²) in [6.45, 7) is 5.40. The Balaban J connectivity index is 2.22. The van der Waals surface area contributed by atoms with Gasteiger partial charge in [0.2, 0.25) is 0 Å². The highest BCUT2D eigenvalue weighted by atomic mass is 16.4. The average molecular weight is 249 g/mol. The molecule has 0 spiro atoms. The highest BCUT2D eigenvalue weighted by Gasteiger charge is 2.23. The van der Waals surface area contributed by atoms with Gasteiger partial charge in [-0.25, -0.2) is 4.79 Å². The van der Waals surface area contributed by atoms with Crippen LogP contribution < -0.4 is 0 Å². The first-order valence-electron chi connectivity index (χ1n) is 6.26. The first-order chi connectivity index (χ1) is 8.49. The molecule has 0 radical (unpaired) electrons. The lowest BCUT2D eigenvalue weighted by atomic mass is 9.96. The molecule has 1 aliphatic rings. The summed E-state index contributed by atoms with van der Waals surface area (Å²) in [5.74, 6) is -0.890. The van der Waals surface area contributed by atoms with Crippen molar-refractivity contribution in [2.24, 2.45) is 0 Å². The Labute approximate surface area is 107 Å². The molecule has 2 N–H and O–H groups in total. The van der Waals surface area contributed by atoms with Crippen LogP contribution in [0.25, 0.3) is 0 Å². The standard InChI is InChI=1S/C14H19NO3/c1-9(10(2)16)15-6-5-11-3-4-12(14(17)18)7-13(11)8-15/h3-4,7,9-10,16H,5-6,8H2,1-2H3,(H,17,18). The van der Waals surface area contributed by atoms with Crippen molar-refractivity contribution in [3.8, 4) is 0 Å². The molecule has 0 amide bonds. The van der Waals surface area contributed by atoms with Crippen LogP contribution in [0.3, 0.4) is 0 Å². The predicted octanol–water partition coefficient (Wildman–Crippen LogP) is 1.51. The number of nitrogens with zero attached hydrogens (tertiary/aromatic N) is 1. The van der Waals surface area contributed by atoms with Gasteiger partial charge in [-0.2, -0.15) is 0 Å². The molecular weight excluding hydrogens is 230 g/mol. The van der Waals surface area contributed by atoms with Crippen LogP contribution >= 0.6 is 0 Å². The fourth-order valence-electron chi connectivity index (χ4n) is 2.36. The predicted molar refractivity (Wildman–Crippen MR) is 68.7 cm³/mol. The van der Waals surface area contributed by atoms with E-state index < -0.39 is 5.97 Å². The molecule has 0 bridgehead atoms. The molecule has 0 aromatic heterocycles. The Morgan fingerprint density at radius 3 is 2.67 bits per heavy atom. The van der Waals surface area contributed by atoms with Crippen LogP contribution in [0.1, 0.15) is 35.3 Å². The quantitative estimate of drug-likeness (QED) is 0.852. The van der Waals surface area contributed by atoms with Crippen LogP contribution in [0, 0.1) is 0 Å². The highest BCUT2D eigenvalue weighted by molar-refractivity contribution is 5.87. The van der Waals surface area contributed by atoms with Crippen molar-refractivity contribution in [1.29, 1.82) is 0 Å². The van der Waals surface area contributed by atoms with E-state index in [4.69, 9.17) is 5.11 Å². The molecule has 0 saturated carbocycles. The fourth-order valence-corrected chi connectivity index (χ4v) is 2.36. The Hall–Kier alpha value is -1.39. The number of aromatic carboxylic acids is 1. The lowest BCUT2D eigenvalue weighted by Crippen LogP contribution is -2.43. The third-order valence-corrected chi connectivity index (χ3v) is 3.77. The molecule has 2 atom stereocenters. The van der Waals surface area contributed by atoms with Crippen molar-refractivity contribution in [2.75, 3.05) is 6.54 Å². The van der Waals surface area contributed by atoms with Crippen LogP contribution in [0.2, 0.25) is 0 Å². The normalized spacial score (nSPS) is 19.1. The molecular formula is C14H19NO3. The van der Waals surface area contributed by atoms with E-state index in [1.54, 1.807) is 19.1 Å². The first kappa shape index (κ1) is 13.1. The Kier molecular flexibility index (Phi) is 3.68. The number of carbonyl (C=O) groups is 1. The van der Waals surface area contributed by atoms with E-state index in [-0.39, 0.29) is 12.1 Å². The molecule has 4 nitrogen and oxygen atoms in total. The molecule has 98 valence electrons. The zero-order valence-electron chi connectivity index (χ0n) is 10.8. The van der Waals surface area contributed by atoms with Crippen LogP contribution in [-0.2, 0) is 13.0 Å². The van der Waals surface area contributed by atoms with Crippen LogP contribution in [0.15, 0.2) is 18.2 Å². The summed E-state index contributed by atoms with van der Waals surface area (Å²) in [6.07, 6.45) is 0.529. The summed E-state index contributed by atoms with van der Waals surface area (Å²) in [6, 6.07) is 5.41. The Morgan fingerprint density at radius 2 is 2.06 bits per heavy atom. The first-order valence-corrected chi connectivity index (χ1v) is 6.26. The number of carboxylic acid groups (broad SMARTS) is 1. The third kappa shape index (κ3) is 2.54. The van der Waals surface area contributed by atoms with Gasteiger partial charge >= 0.3 is 5.97 Å². The largest absolute Gasteiger partial charge is 0.478 e. The van der Waals surface area contributed by atoms with Gasteiger partial charge in [-0.1, -0.05) is 6.07 Å². The second-order valence-corrected chi connectivity index (χ2v) is 4.99. The summed E-state index contributed by atoms with van der Waals surface area (Å²) in [5.41, 5.74) is 2.61. The number of hydrogen-bond acceptors (Lipinski definition) is 3. The van der Waals surface area contributed by atoms with Crippen LogP contribution in [0.4, 0.5) is 0 Å². The highest BCUT2D eigenvalue weighted by Crippen LogP contribution is 2.22. The van der Waals surface area contributed by atoms with Crippen molar-refractivity contribution < 1.29 is 15.0 Å². The van der Waals surface area contributed by atoms with Gasteiger partial charge in [0.25, 0.3) is 0 Å². The van der Waals surface area contributed by atoms with Gasteiger partial charge in [-0.05, 0) is 43.5 Å². The number of rotatable bonds is 3. The summed E-state index contributed by atoms with van der Waals surface area (Å²) in [5, 5.41) is 18.6. The minimum Gasteiger partial charge on any atom is -0.478 e. The second-order valence-electron chi connectivity index (χ2n) is 4.99. The topological polar surface area (TPSA) is 60.8 Å². The zero-order chi connectivity index (χ0) is 13.3. The molecule has 2 rings (SSSR count). The van der Waals surface area contributed by atoms with Crippen molar-refractivity contribution >= 4 is 5.97 Å². The smallest absolute Gasteiger partial charge is 0.335 e. The number of benzene rings is 1. The molecule has 1 aliphatic heterocycles. The van der Waals surface area contributed by atoms with Crippen molar-refractivity contribution in [3.63, 3.8) is 0 Å². The van der Waals surface area contributed by atoms with E-state index in [2.05, 4.69) is 4.90 Å². The van der Waals surface area contributed by atoms with Gasteiger partial charge in [0.15, 0.2) is 0 Å². The summed E-state index contributed by atoms with van der Waals surface area (Å²) >= 11 is 0. The van der Waals surface area contributed by atoms with Crippen molar-refractivity contribution in [3.05, 3.63) is 34.9 Å². The average Bonchev–Trinajstić information content (AvgIpc) is 2.36. The van der Waals surface area contributed by atoms with E-state index >= 15 is 0 Å². The molecule has 2 unspecified atom stereocenters. The minimum atomic E-state index is -0.890. The lowest BCUT2D eigenvalue weighted by Gasteiger charge is -2.35. The number of carboxylic acids is 1. The number of hydrogen-bond donors (Lipinski definition) is 2. The molecule has 1 heterocycles. The van der Waals surface area contributed by atoms with E-state index in [0.717, 1.165) is 18.5 Å². The zero-order valence-corrected chi connectivity index (χ0v) is 10.8. The summed E-state index contributed by atoms with van der Waals surface area (Å²) < 4.78 is 0. The summed E-state index contributed by atoms with van der Waals surface area (Å²) in [4.78, 5) is 13.1. The van der Waals surface area contributed by atoms with Crippen molar-refractivity contribution in [1.82, 2.24) is 4.90 Å². The molecule has 18 heavy (non-hydrogen) atoms. The van der Waals surface area contributed by atoms with Gasteiger partial charge in [0, 0.05) is 19.1 Å². The molecule has 4 heteroatoms. The van der Waals surface area contributed by atoms with Crippen LogP contribution in [0.5, 0.6) is 0 Å². The van der Waals surface area contributed by atoms with Gasteiger partial charge < -0.3 is 10.2 Å².